The lowest BCUT2D eigenvalue weighted by Gasteiger charge is -2.34. The van der Waals surface area contributed by atoms with Gasteiger partial charge in [0.05, 0.1) is 10.6 Å². The number of fused-ring (bicyclic) bond motifs is 1. The fraction of sp³-hybridized carbons (Fsp3) is 0.516. The van der Waals surface area contributed by atoms with E-state index >= 15 is 0 Å². The highest BCUT2D eigenvalue weighted by Crippen LogP contribution is 2.34. The third kappa shape index (κ3) is 6.58. The van der Waals surface area contributed by atoms with Crippen LogP contribution in [0.15, 0.2) is 30.3 Å². The molecule has 3 fully saturated rings. The maximum Gasteiger partial charge on any atom is 0.255 e. The van der Waals surface area contributed by atoms with E-state index in [1.165, 1.54) is 0 Å². The predicted octanol–water partition coefficient (Wildman–Crippen LogP) is 5.27. The van der Waals surface area contributed by atoms with Gasteiger partial charge in [-0.3, -0.25) is 14.4 Å². The first-order valence-electron chi connectivity index (χ1n) is 14.5. The molecule has 3 aliphatic heterocycles. The molecule has 0 bridgehead atoms. The lowest BCUT2D eigenvalue weighted by Crippen LogP contribution is -2.44. The average molecular weight is 622 g/mol. The first-order valence-corrected chi connectivity index (χ1v) is 15.3. The summed E-state index contributed by atoms with van der Waals surface area (Å²) in [5.41, 5.74) is 1.72. The maximum atomic E-state index is 13.8. The first-order chi connectivity index (χ1) is 20.0. The molecule has 2 atom stereocenters. The van der Waals surface area contributed by atoms with Crippen LogP contribution in [0.5, 0.6) is 0 Å². The zero-order valence-electron chi connectivity index (χ0n) is 23.9. The van der Waals surface area contributed by atoms with Gasteiger partial charge < -0.3 is 19.6 Å². The Kier molecular flexibility index (Phi) is 9.40. The van der Waals surface area contributed by atoms with Crippen molar-refractivity contribution in [1.29, 1.82) is 0 Å². The maximum absolute atomic E-state index is 13.8. The molecular weight excluding hydrogens is 585 g/mol. The van der Waals surface area contributed by atoms with Crippen molar-refractivity contribution < 1.29 is 23.2 Å². The Morgan fingerprint density at radius 1 is 0.905 bits per heavy atom. The van der Waals surface area contributed by atoms with Crippen LogP contribution in [0.25, 0.3) is 0 Å². The van der Waals surface area contributed by atoms with Gasteiger partial charge in [0.1, 0.15) is 0 Å². The van der Waals surface area contributed by atoms with Crippen LogP contribution in [0.4, 0.5) is 14.5 Å². The summed E-state index contributed by atoms with van der Waals surface area (Å²) in [7, 11) is 0. The van der Waals surface area contributed by atoms with Gasteiger partial charge in [0.25, 0.3) is 5.91 Å². The van der Waals surface area contributed by atoms with E-state index in [1.807, 2.05) is 30.0 Å². The molecule has 3 aliphatic rings. The number of amides is 3. The smallest absolute Gasteiger partial charge is 0.255 e. The molecule has 11 heteroatoms. The van der Waals surface area contributed by atoms with Gasteiger partial charge in [0, 0.05) is 69.4 Å². The first kappa shape index (κ1) is 30.7. The summed E-state index contributed by atoms with van der Waals surface area (Å²) < 4.78 is 27.2. The number of piperidine rings is 1. The molecule has 0 aliphatic carbocycles. The van der Waals surface area contributed by atoms with Gasteiger partial charge in [-0.1, -0.05) is 29.3 Å². The summed E-state index contributed by atoms with van der Waals surface area (Å²) in [5.74, 6) is -1.99. The van der Waals surface area contributed by atoms with Crippen molar-refractivity contribution in [1.82, 2.24) is 14.7 Å². The zero-order chi connectivity index (χ0) is 30.1. The summed E-state index contributed by atoms with van der Waals surface area (Å²) in [6.45, 7) is 8.77. The van der Waals surface area contributed by atoms with E-state index < -0.39 is 11.6 Å². The van der Waals surface area contributed by atoms with Crippen molar-refractivity contribution in [2.24, 2.45) is 17.8 Å². The van der Waals surface area contributed by atoms with Crippen molar-refractivity contribution in [3.8, 4) is 0 Å². The van der Waals surface area contributed by atoms with Gasteiger partial charge in [-0.25, -0.2) is 8.78 Å². The molecule has 5 rings (SSSR count). The summed E-state index contributed by atoms with van der Waals surface area (Å²) in [4.78, 5) is 46.2. The van der Waals surface area contributed by atoms with Crippen molar-refractivity contribution in [3.05, 3.63) is 63.1 Å². The van der Waals surface area contributed by atoms with Gasteiger partial charge in [-0.15, -0.1) is 0 Å². The number of benzene rings is 2. The molecule has 3 heterocycles. The number of rotatable bonds is 7. The summed E-state index contributed by atoms with van der Waals surface area (Å²) in [5, 5.41) is 0.531. The number of likely N-dealkylation sites (tertiary alicyclic amines) is 3. The molecule has 42 heavy (non-hydrogen) atoms. The largest absolute Gasteiger partial charge is 0.343 e. The van der Waals surface area contributed by atoms with Crippen LogP contribution in [-0.2, 0) is 9.59 Å². The van der Waals surface area contributed by atoms with Gasteiger partial charge in [-0.2, -0.15) is 0 Å². The van der Waals surface area contributed by atoms with Gasteiger partial charge in [-0.05, 0) is 74.4 Å². The molecule has 0 N–H and O–H groups in total. The zero-order valence-corrected chi connectivity index (χ0v) is 25.4. The fourth-order valence-electron chi connectivity index (χ4n) is 6.53. The number of carbonyl (C=O) groups is 3. The van der Waals surface area contributed by atoms with Crippen molar-refractivity contribution in [2.75, 3.05) is 57.3 Å². The number of aryl methyl sites for hydroxylation is 1. The molecule has 0 aromatic heterocycles. The number of nitrogens with zero attached hydrogens (tertiary/aromatic N) is 4. The standard InChI is InChI=1S/C31H36Cl2F2N4O3/c1-19-4-5-24(12-26(19)32)39(30(41)21-6-10-37(11-7-21)20(2)40)9-3-8-36-15-22-17-38(18-23(22)16-36)31(42)25-13-28(34)29(35)14-27(25)33/h4-5,12-14,21-23H,3,6-11,15-18H2,1-2H3. The molecule has 226 valence electrons. The molecule has 0 saturated carbocycles. The molecule has 0 spiro atoms. The molecule has 2 aromatic carbocycles. The van der Waals surface area contributed by atoms with Crippen LogP contribution < -0.4 is 4.90 Å². The Bertz CT molecular complexity index is 1350. The molecule has 7 nitrogen and oxygen atoms in total. The molecule has 3 saturated heterocycles. The Hall–Kier alpha value is -2.75. The van der Waals surface area contributed by atoms with E-state index in [4.69, 9.17) is 23.2 Å². The topological polar surface area (TPSA) is 64.2 Å². The van der Waals surface area contributed by atoms with Crippen LogP contribution in [-0.4, -0.2) is 84.8 Å². The second-order valence-electron chi connectivity index (χ2n) is 11.8. The monoisotopic (exact) mass is 620 g/mol. The average Bonchev–Trinajstić information content (AvgIpc) is 3.53. The third-order valence-corrected chi connectivity index (χ3v) is 9.69. The van der Waals surface area contributed by atoms with Crippen LogP contribution in [0.1, 0.15) is 42.1 Å². The lowest BCUT2D eigenvalue weighted by atomic mass is 9.94. The summed E-state index contributed by atoms with van der Waals surface area (Å²) in [6, 6.07) is 7.44. The predicted molar refractivity (Wildman–Crippen MR) is 159 cm³/mol. The summed E-state index contributed by atoms with van der Waals surface area (Å²) in [6.07, 6.45) is 2.07. The van der Waals surface area contributed by atoms with Crippen LogP contribution in [0, 0.1) is 36.3 Å². The van der Waals surface area contributed by atoms with E-state index in [0.29, 0.717) is 50.6 Å². The highest BCUT2D eigenvalue weighted by molar-refractivity contribution is 6.33. The second kappa shape index (κ2) is 12.9. The van der Waals surface area contributed by atoms with Gasteiger partial charge >= 0.3 is 0 Å². The van der Waals surface area contributed by atoms with E-state index in [1.54, 1.807) is 16.7 Å². The highest BCUT2D eigenvalue weighted by Gasteiger charge is 2.42. The number of halogens is 4. The van der Waals surface area contributed by atoms with Crippen LogP contribution >= 0.6 is 23.2 Å². The number of carbonyl (C=O) groups excluding carboxylic acids is 3. The molecular formula is C31H36Cl2F2N4O3. The molecule has 2 aromatic rings. The minimum absolute atomic E-state index is 0.0136. The molecule has 3 amide bonds. The van der Waals surface area contributed by atoms with E-state index in [2.05, 4.69) is 4.90 Å². The highest BCUT2D eigenvalue weighted by atomic mass is 35.5. The number of anilines is 1. The van der Waals surface area contributed by atoms with Crippen molar-refractivity contribution >= 4 is 46.6 Å². The fourth-order valence-corrected chi connectivity index (χ4v) is 6.93. The Balaban J connectivity index is 1.17. The second-order valence-corrected chi connectivity index (χ2v) is 12.6. The number of hydrogen-bond acceptors (Lipinski definition) is 4. The van der Waals surface area contributed by atoms with Crippen LogP contribution in [0.3, 0.4) is 0 Å². The minimum atomic E-state index is -1.09. The summed E-state index contributed by atoms with van der Waals surface area (Å²) >= 11 is 12.5. The van der Waals surface area contributed by atoms with E-state index in [9.17, 15) is 23.2 Å². The quantitative estimate of drug-likeness (QED) is 0.396. The lowest BCUT2D eigenvalue weighted by molar-refractivity contribution is -0.133. The Morgan fingerprint density at radius 2 is 1.55 bits per heavy atom. The molecule has 2 unspecified atom stereocenters. The Morgan fingerprint density at radius 3 is 2.17 bits per heavy atom. The van der Waals surface area contributed by atoms with Gasteiger partial charge in [0.15, 0.2) is 11.6 Å². The number of hydrogen-bond donors (Lipinski definition) is 0. The van der Waals surface area contributed by atoms with Crippen molar-refractivity contribution in [2.45, 2.75) is 33.1 Å². The molecule has 0 radical (unpaired) electrons. The van der Waals surface area contributed by atoms with Gasteiger partial charge in [0.2, 0.25) is 11.8 Å². The Labute approximate surface area is 255 Å². The normalized spacial score (nSPS) is 21.1. The minimum Gasteiger partial charge on any atom is -0.343 e. The van der Waals surface area contributed by atoms with E-state index in [-0.39, 0.29) is 46.1 Å². The van der Waals surface area contributed by atoms with E-state index in [0.717, 1.165) is 49.4 Å². The SMILES string of the molecule is CC(=O)N1CCC(C(=O)N(CCCN2CC3CN(C(=O)c4cc(F)c(F)cc4Cl)CC3C2)c2ccc(C)c(Cl)c2)CC1. The third-order valence-electron chi connectivity index (χ3n) is 8.97. The van der Waals surface area contributed by atoms with Crippen molar-refractivity contribution in [3.63, 3.8) is 0 Å². The van der Waals surface area contributed by atoms with Crippen LogP contribution in [0.2, 0.25) is 10.0 Å².